The van der Waals surface area contributed by atoms with Crippen molar-refractivity contribution in [1.82, 2.24) is 4.98 Å². The number of anilines is 1. The van der Waals surface area contributed by atoms with E-state index in [1.807, 2.05) is 23.1 Å². The van der Waals surface area contributed by atoms with Crippen LogP contribution in [0.25, 0.3) is 0 Å². The third-order valence-corrected chi connectivity index (χ3v) is 4.27. The largest absolute Gasteiger partial charge is 0.454 e. The van der Waals surface area contributed by atoms with Gasteiger partial charge in [0.25, 0.3) is 0 Å². The molecular formula is C16H15N3O4. The fraction of sp³-hybridized carbons (Fsp3) is 0.312. The lowest BCUT2D eigenvalue weighted by atomic mass is 10.0. The van der Waals surface area contributed by atoms with Crippen LogP contribution in [0.1, 0.15) is 24.4 Å². The minimum Gasteiger partial charge on any atom is -0.454 e. The van der Waals surface area contributed by atoms with Crippen molar-refractivity contribution in [3.05, 3.63) is 52.2 Å². The standard InChI is InChI=1S/C16H15N3O4/c20-19(21)13-3-1-7-17-16(13)18-8-2-4-12(18)11-5-6-14-15(9-11)23-10-22-14/h1,3,5-7,9,12H,2,4,8,10H2/t12-/m1/s1. The Balaban J connectivity index is 1.71. The van der Waals surface area contributed by atoms with E-state index in [-0.39, 0.29) is 23.4 Å². The molecule has 1 atom stereocenters. The Morgan fingerprint density at radius 3 is 3.00 bits per heavy atom. The van der Waals surface area contributed by atoms with E-state index < -0.39 is 0 Å². The second-order valence-corrected chi connectivity index (χ2v) is 5.57. The highest BCUT2D eigenvalue weighted by atomic mass is 16.7. The van der Waals surface area contributed by atoms with Crippen molar-refractivity contribution in [2.24, 2.45) is 0 Å². The molecule has 1 aromatic heterocycles. The fourth-order valence-electron chi connectivity index (χ4n) is 3.24. The van der Waals surface area contributed by atoms with Gasteiger partial charge >= 0.3 is 5.69 Å². The van der Waals surface area contributed by atoms with Gasteiger partial charge in [0.1, 0.15) is 0 Å². The van der Waals surface area contributed by atoms with Gasteiger partial charge in [-0.1, -0.05) is 6.07 Å². The molecule has 0 radical (unpaired) electrons. The van der Waals surface area contributed by atoms with E-state index in [9.17, 15) is 10.1 Å². The molecule has 7 nitrogen and oxygen atoms in total. The van der Waals surface area contributed by atoms with E-state index in [2.05, 4.69) is 4.98 Å². The number of benzene rings is 1. The lowest BCUT2D eigenvalue weighted by molar-refractivity contribution is -0.384. The van der Waals surface area contributed by atoms with Gasteiger partial charge in [0.2, 0.25) is 12.6 Å². The maximum absolute atomic E-state index is 11.3. The van der Waals surface area contributed by atoms with Gasteiger partial charge in [-0.3, -0.25) is 10.1 Å². The minimum atomic E-state index is -0.378. The molecule has 0 spiro atoms. The van der Waals surface area contributed by atoms with Crippen LogP contribution in [0.15, 0.2) is 36.5 Å². The quantitative estimate of drug-likeness (QED) is 0.640. The molecule has 0 amide bonds. The predicted octanol–water partition coefficient (Wildman–Crippen LogP) is 3.06. The van der Waals surface area contributed by atoms with E-state index in [0.29, 0.717) is 5.82 Å². The first-order chi connectivity index (χ1) is 11.2. The molecule has 1 aromatic carbocycles. The number of nitrogens with zero attached hydrogens (tertiary/aromatic N) is 3. The van der Waals surface area contributed by atoms with Crippen LogP contribution in [-0.4, -0.2) is 23.2 Å². The summed E-state index contributed by atoms with van der Waals surface area (Å²) in [4.78, 5) is 17.2. The summed E-state index contributed by atoms with van der Waals surface area (Å²) in [5.74, 6) is 1.89. The monoisotopic (exact) mass is 313 g/mol. The van der Waals surface area contributed by atoms with Crippen molar-refractivity contribution in [2.45, 2.75) is 18.9 Å². The topological polar surface area (TPSA) is 77.7 Å². The first-order valence-electron chi connectivity index (χ1n) is 7.49. The Morgan fingerprint density at radius 2 is 2.13 bits per heavy atom. The first kappa shape index (κ1) is 13.8. The van der Waals surface area contributed by atoms with Crippen LogP contribution >= 0.6 is 0 Å². The summed E-state index contributed by atoms with van der Waals surface area (Å²) in [6.07, 6.45) is 3.48. The van der Waals surface area contributed by atoms with Crippen LogP contribution in [0.4, 0.5) is 11.5 Å². The van der Waals surface area contributed by atoms with Gasteiger partial charge < -0.3 is 14.4 Å². The highest BCUT2D eigenvalue weighted by Crippen LogP contribution is 2.42. The Labute approximate surface area is 132 Å². The molecule has 0 aliphatic carbocycles. The van der Waals surface area contributed by atoms with Crippen LogP contribution in [0.2, 0.25) is 0 Å². The second-order valence-electron chi connectivity index (χ2n) is 5.57. The number of hydrogen-bond acceptors (Lipinski definition) is 6. The molecule has 0 saturated carbocycles. The molecule has 2 aliphatic rings. The zero-order valence-electron chi connectivity index (χ0n) is 12.3. The number of fused-ring (bicyclic) bond motifs is 1. The van der Waals surface area contributed by atoms with Crippen molar-refractivity contribution >= 4 is 11.5 Å². The number of rotatable bonds is 3. The molecule has 7 heteroatoms. The average Bonchev–Trinajstić information content (AvgIpc) is 3.23. The normalized spacial score (nSPS) is 19.1. The van der Waals surface area contributed by atoms with Gasteiger partial charge in [-0.2, -0.15) is 0 Å². The summed E-state index contributed by atoms with van der Waals surface area (Å²) in [5, 5.41) is 11.3. The Bertz CT molecular complexity index is 765. The molecule has 118 valence electrons. The van der Waals surface area contributed by atoms with Crippen molar-refractivity contribution in [2.75, 3.05) is 18.2 Å². The van der Waals surface area contributed by atoms with Gasteiger partial charge in [-0.15, -0.1) is 0 Å². The molecule has 2 aliphatic heterocycles. The van der Waals surface area contributed by atoms with E-state index in [1.54, 1.807) is 12.3 Å². The molecule has 3 heterocycles. The lowest BCUT2D eigenvalue weighted by Crippen LogP contribution is -2.24. The smallest absolute Gasteiger partial charge is 0.311 e. The summed E-state index contributed by atoms with van der Waals surface area (Å²) in [6.45, 7) is 0.982. The van der Waals surface area contributed by atoms with Crippen LogP contribution < -0.4 is 14.4 Å². The maximum atomic E-state index is 11.3. The summed E-state index contributed by atoms with van der Waals surface area (Å²) >= 11 is 0. The predicted molar refractivity (Wildman–Crippen MR) is 82.8 cm³/mol. The summed E-state index contributed by atoms with van der Waals surface area (Å²) in [5.41, 5.74) is 1.10. The van der Waals surface area contributed by atoms with Gasteiger partial charge in [-0.05, 0) is 36.6 Å². The third-order valence-electron chi connectivity index (χ3n) is 4.27. The third kappa shape index (κ3) is 2.34. The van der Waals surface area contributed by atoms with Crippen molar-refractivity contribution < 1.29 is 14.4 Å². The Morgan fingerprint density at radius 1 is 1.26 bits per heavy atom. The van der Waals surface area contributed by atoms with Gasteiger partial charge in [0, 0.05) is 18.8 Å². The molecule has 1 fully saturated rings. The number of ether oxygens (including phenoxy) is 2. The van der Waals surface area contributed by atoms with Crippen LogP contribution in [0.3, 0.4) is 0 Å². The number of pyridine rings is 1. The SMILES string of the molecule is O=[N+]([O-])c1cccnc1N1CCC[C@@H]1c1ccc2c(c1)OCO2. The summed E-state index contributed by atoms with van der Waals surface area (Å²) in [7, 11) is 0. The van der Waals surface area contributed by atoms with Crippen molar-refractivity contribution in [1.29, 1.82) is 0 Å². The van der Waals surface area contributed by atoms with Crippen LogP contribution in [0.5, 0.6) is 11.5 Å². The second kappa shape index (κ2) is 5.42. The Kier molecular flexibility index (Phi) is 3.25. The fourth-order valence-corrected chi connectivity index (χ4v) is 3.24. The lowest BCUT2D eigenvalue weighted by Gasteiger charge is -2.25. The number of aromatic nitrogens is 1. The van der Waals surface area contributed by atoms with E-state index in [1.165, 1.54) is 6.07 Å². The maximum Gasteiger partial charge on any atom is 0.311 e. The molecule has 0 N–H and O–H groups in total. The molecular weight excluding hydrogens is 298 g/mol. The molecule has 4 rings (SSSR count). The number of hydrogen-bond donors (Lipinski definition) is 0. The molecule has 0 bridgehead atoms. The molecule has 0 unspecified atom stereocenters. The van der Waals surface area contributed by atoms with Gasteiger partial charge in [0.05, 0.1) is 11.0 Å². The summed E-state index contributed by atoms with van der Waals surface area (Å²) in [6, 6.07) is 8.98. The highest BCUT2D eigenvalue weighted by Gasteiger charge is 2.32. The summed E-state index contributed by atoms with van der Waals surface area (Å²) < 4.78 is 10.8. The Hall–Kier alpha value is -2.83. The highest BCUT2D eigenvalue weighted by molar-refractivity contribution is 5.60. The molecule has 23 heavy (non-hydrogen) atoms. The number of nitro groups is 1. The minimum absolute atomic E-state index is 0.0418. The van der Waals surface area contributed by atoms with E-state index in [0.717, 1.165) is 36.4 Å². The van der Waals surface area contributed by atoms with Gasteiger partial charge in [0.15, 0.2) is 11.5 Å². The first-order valence-corrected chi connectivity index (χ1v) is 7.49. The molecule has 1 saturated heterocycles. The van der Waals surface area contributed by atoms with Gasteiger partial charge in [-0.25, -0.2) is 4.98 Å². The van der Waals surface area contributed by atoms with Crippen molar-refractivity contribution in [3.8, 4) is 11.5 Å². The van der Waals surface area contributed by atoms with Crippen LogP contribution in [0, 0.1) is 10.1 Å². The average molecular weight is 313 g/mol. The van der Waals surface area contributed by atoms with E-state index in [4.69, 9.17) is 9.47 Å². The zero-order chi connectivity index (χ0) is 15.8. The van der Waals surface area contributed by atoms with E-state index >= 15 is 0 Å². The van der Waals surface area contributed by atoms with Crippen LogP contribution in [-0.2, 0) is 0 Å². The van der Waals surface area contributed by atoms with Crippen molar-refractivity contribution in [3.63, 3.8) is 0 Å². The molecule has 2 aromatic rings. The zero-order valence-corrected chi connectivity index (χ0v) is 12.3.